The molecule has 147 valence electrons. The van der Waals surface area contributed by atoms with Gasteiger partial charge < -0.3 is 26.3 Å². The van der Waals surface area contributed by atoms with Crippen molar-refractivity contribution in [2.75, 3.05) is 10.7 Å². The summed E-state index contributed by atoms with van der Waals surface area (Å²) in [6, 6.07) is 17.5. The molecule has 1 aliphatic heterocycles. The predicted molar refractivity (Wildman–Crippen MR) is 114 cm³/mol. The Hall–Kier alpha value is -1.05. The smallest absolute Gasteiger partial charge is 0.227 e. The molecule has 4 rings (SSSR count). The molecular formula is C22H21N2O2S2Y-. The first-order valence-corrected chi connectivity index (χ1v) is 11.1. The summed E-state index contributed by atoms with van der Waals surface area (Å²) < 4.78 is 1.02. The molecule has 1 fully saturated rings. The molecule has 1 unspecified atom stereocenters. The van der Waals surface area contributed by atoms with Gasteiger partial charge in [-0.2, -0.15) is 17.1 Å². The van der Waals surface area contributed by atoms with Gasteiger partial charge in [-0.15, -0.1) is 0 Å². The molecule has 1 N–H and O–H groups in total. The number of hydrogen-bond acceptors (Lipinski definition) is 5. The third-order valence-corrected chi connectivity index (χ3v) is 6.85. The largest absolute Gasteiger partial charge is 0.384 e. The number of carbonyl (C=O) groups is 1. The fraction of sp³-hybridized carbons (Fsp3) is 0.273. The van der Waals surface area contributed by atoms with Crippen LogP contribution in [0.4, 0.5) is 5.69 Å². The van der Waals surface area contributed by atoms with Crippen LogP contribution in [-0.4, -0.2) is 27.8 Å². The van der Waals surface area contributed by atoms with Gasteiger partial charge in [0.2, 0.25) is 5.91 Å². The summed E-state index contributed by atoms with van der Waals surface area (Å²) in [4.78, 5) is 18.7. The summed E-state index contributed by atoms with van der Waals surface area (Å²) in [7, 11) is 0. The standard InChI is InChI=1S/C22H21N2O2S2.Y/c25-20-10-9-18(11-13-27-22-23-12-14-28-22)24(20)19-8-4-7-17(15-19)21(26)16-5-2-1-3-6-16;/h1-8,12,15,18,21,26H,9-11,13H2;/q-1;/t18-,21?;/m0./s1. The third-order valence-electron chi connectivity index (χ3n) is 4.95. The van der Waals surface area contributed by atoms with E-state index < -0.39 is 6.10 Å². The Morgan fingerprint density at radius 3 is 2.76 bits per heavy atom. The fourth-order valence-corrected chi connectivity index (χ4v) is 5.21. The van der Waals surface area contributed by atoms with Crippen LogP contribution in [-0.2, 0) is 37.5 Å². The van der Waals surface area contributed by atoms with E-state index >= 15 is 0 Å². The average Bonchev–Trinajstić information content (AvgIpc) is 3.38. The van der Waals surface area contributed by atoms with E-state index in [2.05, 4.69) is 10.4 Å². The molecule has 2 heterocycles. The van der Waals surface area contributed by atoms with Crippen molar-refractivity contribution >= 4 is 34.7 Å². The molecule has 0 aliphatic carbocycles. The van der Waals surface area contributed by atoms with Crippen molar-refractivity contribution in [1.82, 2.24) is 4.98 Å². The normalized spacial score (nSPS) is 17.2. The molecule has 0 saturated carbocycles. The number of aliphatic hydroxyl groups excluding tert-OH is 1. The number of nitrogens with zero attached hydrogens (tertiary/aromatic N) is 2. The number of benzene rings is 2. The van der Waals surface area contributed by atoms with E-state index in [9.17, 15) is 9.90 Å². The van der Waals surface area contributed by atoms with Crippen molar-refractivity contribution in [3.8, 4) is 0 Å². The van der Waals surface area contributed by atoms with E-state index in [0.717, 1.165) is 39.7 Å². The van der Waals surface area contributed by atoms with Gasteiger partial charge in [0.15, 0.2) is 0 Å². The average molecular weight is 498 g/mol. The Morgan fingerprint density at radius 1 is 1.21 bits per heavy atom. The first-order valence-electron chi connectivity index (χ1n) is 9.32. The summed E-state index contributed by atoms with van der Waals surface area (Å²) in [5.74, 6) is 1.08. The molecule has 1 saturated heterocycles. The summed E-state index contributed by atoms with van der Waals surface area (Å²) in [6.45, 7) is 0. The minimum absolute atomic E-state index is 0. The second kappa shape index (κ2) is 10.8. The Labute approximate surface area is 204 Å². The maximum atomic E-state index is 12.6. The van der Waals surface area contributed by atoms with Crippen molar-refractivity contribution in [3.05, 3.63) is 77.3 Å². The molecule has 4 nitrogen and oxygen atoms in total. The quantitative estimate of drug-likeness (QED) is 0.379. The molecule has 3 aromatic rings. The van der Waals surface area contributed by atoms with Crippen LogP contribution >= 0.6 is 23.1 Å². The monoisotopic (exact) mass is 498 g/mol. The number of rotatable bonds is 7. The molecule has 1 aliphatic rings. The van der Waals surface area contributed by atoms with Gasteiger partial charge in [0.1, 0.15) is 6.10 Å². The molecule has 1 aromatic heterocycles. The molecular weight excluding hydrogens is 477 g/mol. The Bertz CT molecular complexity index is 922. The van der Waals surface area contributed by atoms with E-state index in [1.54, 1.807) is 18.0 Å². The Morgan fingerprint density at radius 2 is 2.00 bits per heavy atom. The van der Waals surface area contributed by atoms with E-state index in [1.165, 1.54) is 11.3 Å². The molecule has 2 aromatic carbocycles. The van der Waals surface area contributed by atoms with E-state index in [0.29, 0.717) is 6.42 Å². The molecule has 2 atom stereocenters. The maximum Gasteiger partial charge on any atom is 0.227 e. The van der Waals surface area contributed by atoms with Crippen LogP contribution in [0.2, 0.25) is 0 Å². The number of hydrogen-bond donors (Lipinski definition) is 1. The number of amides is 1. The summed E-state index contributed by atoms with van der Waals surface area (Å²) >= 11 is 3.24. The number of thiazole rings is 1. The molecule has 7 heteroatoms. The van der Waals surface area contributed by atoms with Crippen LogP contribution < -0.4 is 4.90 Å². The number of aromatic nitrogens is 1. The molecule has 1 amide bonds. The first kappa shape index (κ1) is 22.6. The van der Waals surface area contributed by atoms with Crippen molar-refractivity contribution in [1.29, 1.82) is 0 Å². The van der Waals surface area contributed by atoms with Gasteiger partial charge in [-0.3, -0.25) is 4.79 Å². The molecule has 0 bridgehead atoms. The topological polar surface area (TPSA) is 53.4 Å². The Balaban J connectivity index is 0.00000240. The van der Waals surface area contributed by atoms with Gasteiger partial charge in [0.05, 0.1) is 0 Å². The number of aliphatic hydroxyl groups is 1. The predicted octanol–water partition coefficient (Wildman–Crippen LogP) is 4.70. The second-order valence-corrected chi connectivity index (χ2v) is 8.91. The van der Waals surface area contributed by atoms with Gasteiger partial charge in [-0.1, -0.05) is 48.7 Å². The van der Waals surface area contributed by atoms with E-state index in [-0.39, 0.29) is 44.7 Å². The maximum absolute atomic E-state index is 12.6. The van der Waals surface area contributed by atoms with Crippen LogP contribution in [0.3, 0.4) is 0 Å². The van der Waals surface area contributed by atoms with Crippen LogP contribution in [0.1, 0.15) is 36.5 Å². The Kier molecular flexibility index (Phi) is 8.45. The SMILES string of the molecule is O=C1CC[C@@H](CCSc2nc[c-]s2)N1c1cccc(C(O)c2ccccc2)c1.[Y]. The second-order valence-electron chi connectivity index (χ2n) is 6.75. The van der Waals surface area contributed by atoms with Gasteiger partial charge >= 0.3 is 0 Å². The van der Waals surface area contributed by atoms with Crippen LogP contribution in [0.5, 0.6) is 0 Å². The number of anilines is 1. The van der Waals surface area contributed by atoms with E-state index in [1.807, 2.05) is 59.5 Å². The van der Waals surface area contributed by atoms with Gasteiger partial charge in [0, 0.05) is 50.9 Å². The summed E-state index contributed by atoms with van der Waals surface area (Å²) in [6.07, 6.45) is 3.36. The van der Waals surface area contributed by atoms with Crippen LogP contribution in [0.25, 0.3) is 0 Å². The molecule has 29 heavy (non-hydrogen) atoms. The fourth-order valence-electron chi connectivity index (χ4n) is 3.58. The van der Waals surface area contributed by atoms with Gasteiger partial charge in [0.25, 0.3) is 0 Å². The van der Waals surface area contributed by atoms with Crippen molar-refractivity contribution in [2.45, 2.75) is 35.7 Å². The van der Waals surface area contributed by atoms with Crippen molar-refractivity contribution in [3.63, 3.8) is 0 Å². The third kappa shape index (κ3) is 5.56. The summed E-state index contributed by atoms with van der Waals surface area (Å²) in [5, 5.41) is 13.7. The minimum atomic E-state index is -0.700. The zero-order chi connectivity index (χ0) is 19.3. The van der Waals surface area contributed by atoms with E-state index in [4.69, 9.17) is 0 Å². The minimum Gasteiger partial charge on any atom is -0.384 e. The molecule has 0 spiro atoms. The zero-order valence-electron chi connectivity index (χ0n) is 15.9. The summed E-state index contributed by atoms with van der Waals surface area (Å²) in [5.41, 5.74) is 2.52. The van der Waals surface area contributed by atoms with Crippen LogP contribution in [0, 0.1) is 5.38 Å². The molecule has 1 radical (unpaired) electrons. The zero-order valence-corrected chi connectivity index (χ0v) is 20.4. The van der Waals surface area contributed by atoms with Crippen molar-refractivity contribution in [2.24, 2.45) is 0 Å². The van der Waals surface area contributed by atoms with Crippen molar-refractivity contribution < 1.29 is 42.6 Å². The number of carbonyl (C=O) groups excluding carboxylic acids is 1. The van der Waals surface area contributed by atoms with Crippen LogP contribution in [0.15, 0.2) is 65.1 Å². The number of thioether (sulfide) groups is 1. The van der Waals surface area contributed by atoms with Gasteiger partial charge in [-0.25, -0.2) is 0 Å². The van der Waals surface area contributed by atoms with Gasteiger partial charge in [-0.05, 0) is 46.2 Å². The first-order chi connectivity index (χ1) is 13.7.